The maximum atomic E-state index is 10.7. The Hall–Kier alpha value is -0.565. The summed E-state index contributed by atoms with van der Waals surface area (Å²) in [7, 11) is 0. The number of carboxylic acids is 1. The third-order valence-corrected chi connectivity index (χ3v) is 2.88. The molecule has 19 heavy (non-hydrogen) atoms. The number of hydrogen-bond donors (Lipinski definition) is 0. The topological polar surface area (TPSA) is 110 Å². The van der Waals surface area contributed by atoms with Crippen molar-refractivity contribution in [2.45, 2.75) is 4.90 Å². The Morgan fingerprint density at radius 3 is 2.05 bits per heavy atom. The van der Waals surface area contributed by atoms with E-state index in [4.69, 9.17) is 0 Å². The molecule has 0 aromatic heterocycles. The molecule has 0 heterocycles. The number of aromatic carboxylic acids is 1. The van der Waals surface area contributed by atoms with Crippen LogP contribution in [0.1, 0.15) is 10.4 Å². The van der Waals surface area contributed by atoms with Crippen LogP contribution in [0.3, 0.4) is 0 Å². The molecule has 2 aromatic rings. The van der Waals surface area contributed by atoms with Crippen LogP contribution in [0.4, 0.5) is 0 Å². The first-order valence-corrected chi connectivity index (χ1v) is 5.50. The van der Waals surface area contributed by atoms with Gasteiger partial charge in [0.15, 0.2) is 0 Å². The van der Waals surface area contributed by atoms with Crippen molar-refractivity contribution >= 4 is 27.8 Å². The van der Waals surface area contributed by atoms with Crippen LogP contribution in [-0.2, 0) is 11.1 Å². The second-order valence-corrected chi connectivity index (χ2v) is 4.19. The Kier molecular flexibility index (Phi) is 9.36. The number of rotatable bonds is 2. The smallest absolute Gasteiger partial charge is 0.870 e. The van der Waals surface area contributed by atoms with E-state index >= 15 is 0 Å². The van der Waals surface area contributed by atoms with Gasteiger partial charge in [0.25, 0.3) is 0 Å². The van der Waals surface area contributed by atoms with Gasteiger partial charge in [-0.1, -0.05) is 18.2 Å². The van der Waals surface area contributed by atoms with Crippen LogP contribution in [0, 0.1) is 0 Å². The number of carbonyl (C=O) groups is 1. The molecule has 0 radical (unpaired) electrons. The third kappa shape index (κ3) is 4.79. The van der Waals surface area contributed by atoms with Crippen molar-refractivity contribution in [2.75, 3.05) is 0 Å². The molecule has 0 aliphatic carbocycles. The average molecular weight is 265 g/mol. The molecule has 1 N–H and O–H groups in total. The SMILES string of the molecule is O=C([O-])c1ccc2cc(S(=O)[O-])ccc2c1.[Li+].[Li+].[OH-]. The van der Waals surface area contributed by atoms with Gasteiger partial charge in [-0.3, -0.25) is 4.21 Å². The van der Waals surface area contributed by atoms with Gasteiger partial charge in [0.2, 0.25) is 0 Å². The van der Waals surface area contributed by atoms with E-state index in [0.717, 1.165) is 0 Å². The number of benzene rings is 2. The van der Waals surface area contributed by atoms with Gasteiger partial charge in [-0.15, -0.1) is 0 Å². The molecular formula is C11H7Li2O5S-. The normalized spacial score (nSPS) is 10.6. The molecule has 0 amide bonds. The van der Waals surface area contributed by atoms with Crippen LogP contribution in [0.25, 0.3) is 10.8 Å². The van der Waals surface area contributed by atoms with Crippen LogP contribution in [0.2, 0.25) is 0 Å². The van der Waals surface area contributed by atoms with Crippen molar-refractivity contribution in [2.24, 2.45) is 0 Å². The van der Waals surface area contributed by atoms with Crippen LogP contribution in [0.15, 0.2) is 41.3 Å². The molecule has 90 valence electrons. The second-order valence-electron chi connectivity index (χ2n) is 3.25. The molecule has 5 nitrogen and oxygen atoms in total. The van der Waals surface area contributed by atoms with E-state index in [1.807, 2.05) is 0 Å². The van der Waals surface area contributed by atoms with E-state index in [9.17, 15) is 18.7 Å². The minimum Gasteiger partial charge on any atom is -0.870 e. The van der Waals surface area contributed by atoms with Crippen molar-refractivity contribution in [3.8, 4) is 0 Å². The van der Waals surface area contributed by atoms with Crippen molar-refractivity contribution in [3.05, 3.63) is 42.0 Å². The zero-order valence-electron chi connectivity index (χ0n) is 10.5. The van der Waals surface area contributed by atoms with Crippen molar-refractivity contribution in [1.82, 2.24) is 0 Å². The molecular weight excluding hydrogens is 258 g/mol. The first-order chi connectivity index (χ1) is 7.58. The van der Waals surface area contributed by atoms with E-state index in [-0.39, 0.29) is 53.7 Å². The predicted octanol–water partition coefficient (Wildman–Crippen LogP) is -5.73. The quantitative estimate of drug-likeness (QED) is 0.397. The fourth-order valence-corrected chi connectivity index (χ4v) is 1.86. The average Bonchev–Trinajstić information content (AvgIpc) is 2.27. The molecule has 0 aliphatic heterocycles. The summed E-state index contributed by atoms with van der Waals surface area (Å²) in [5, 5.41) is 11.9. The Bertz CT molecular complexity index is 549. The molecule has 1 atom stereocenters. The van der Waals surface area contributed by atoms with Crippen LogP contribution in [-0.4, -0.2) is 20.2 Å². The summed E-state index contributed by atoms with van der Waals surface area (Å²) >= 11 is -2.28. The van der Waals surface area contributed by atoms with E-state index in [1.165, 1.54) is 24.3 Å². The van der Waals surface area contributed by atoms with Crippen LogP contribution < -0.4 is 42.8 Å². The standard InChI is InChI=1S/C11H8O4S.2Li.H2O/c12-11(13)9-2-1-8-6-10(16(14)15)4-3-7(8)5-9;;;/h1-6H,(H,12,13)(H,14,15);;;1H2/q;2*+1;/p-3. The fraction of sp³-hybridized carbons (Fsp3) is 0. The molecule has 0 aliphatic rings. The van der Waals surface area contributed by atoms with Crippen LogP contribution in [0.5, 0.6) is 0 Å². The summed E-state index contributed by atoms with van der Waals surface area (Å²) in [6.45, 7) is 0. The van der Waals surface area contributed by atoms with Crippen molar-refractivity contribution < 1.29 is 61.9 Å². The molecule has 0 spiro atoms. The summed E-state index contributed by atoms with van der Waals surface area (Å²) in [6, 6.07) is 8.85. The molecule has 2 aromatic carbocycles. The van der Waals surface area contributed by atoms with E-state index in [2.05, 4.69) is 0 Å². The predicted molar refractivity (Wildman–Crippen MR) is 57.4 cm³/mol. The Balaban J connectivity index is 0. The summed E-state index contributed by atoms with van der Waals surface area (Å²) in [5.74, 6) is -1.25. The molecule has 0 bridgehead atoms. The minimum absolute atomic E-state index is 0. The number of fused-ring (bicyclic) bond motifs is 1. The monoisotopic (exact) mass is 265 g/mol. The first kappa shape index (κ1) is 20.7. The molecule has 0 fully saturated rings. The third-order valence-electron chi connectivity index (χ3n) is 2.24. The zero-order valence-corrected chi connectivity index (χ0v) is 11.3. The molecule has 1 unspecified atom stereocenters. The fourth-order valence-electron chi connectivity index (χ4n) is 1.45. The van der Waals surface area contributed by atoms with Crippen LogP contribution >= 0.6 is 0 Å². The maximum absolute atomic E-state index is 10.7. The zero-order chi connectivity index (χ0) is 11.7. The molecule has 0 saturated carbocycles. The van der Waals surface area contributed by atoms with Crippen molar-refractivity contribution in [3.63, 3.8) is 0 Å². The van der Waals surface area contributed by atoms with Gasteiger partial charge in [0.1, 0.15) is 0 Å². The summed E-state index contributed by atoms with van der Waals surface area (Å²) in [6.07, 6.45) is 0. The van der Waals surface area contributed by atoms with Crippen molar-refractivity contribution in [1.29, 1.82) is 0 Å². The molecule has 8 heteroatoms. The molecule has 0 saturated heterocycles. The van der Waals surface area contributed by atoms with Gasteiger partial charge >= 0.3 is 37.7 Å². The maximum Gasteiger partial charge on any atom is 1.00 e. The Morgan fingerprint density at radius 2 is 1.53 bits per heavy atom. The van der Waals surface area contributed by atoms with Gasteiger partial charge < -0.3 is 19.9 Å². The Morgan fingerprint density at radius 1 is 1.00 bits per heavy atom. The van der Waals surface area contributed by atoms with E-state index in [1.54, 1.807) is 12.1 Å². The second kappa shape index (κ2) is 8.57. The minimum atomic E-state index is -2.28. The van der Waals surface area contributed by atoms with Gasteiger partial charge in [-0.05, 0) is 45.6 Å². The first-order valence-electron chi connectivity index (χ1n) is 4.42. The van der Waals surface area contributed by atoms with E-state index < -0.39 is 17.0 Å². The Labute approximate surface area is 136 Å². The van der Waals surface area contributed by atoms with Gasteiger partial charge in [0, 0.05) is 4.90 Å². The number of hydrogen-bond acceptors (Lipinski definition) is 5. The van der Waals surface area contributed by atoms with Gasteiger partial charge in [-0.25, -0.2) is 0 Å². The van der Waals surface area contributed by atoms with E-state index in [0.29, 0.717) is 10.8 Å². The molecule has 2 rings (SSSR count). The summed E-state index contributed by atoms with van der Waals surface area (Å²) in [5.41, 5.74) is 0.0727. The summed E-state index contributed by atoms with van der Waals surface area (Å²) < 4.78 is 21.4. The largest absolute Gasteiger partial charge is 1.00 e. The van der Waals surface area contributed by atoms with Gasteiger partial charge in [-0.2, -0.15) is 0 Å². The number of carboxylic acid groups (broad SMARTS) is 1. The van der Waals surface area contributed by atoms with Gasteiger partial charge in [0.05, 0.1) is 5.97 Å². The summed E-state index contributed by atoms with van der Waals surface area (Å²) in [4.78, 5) is 10.8. The number of carbonyl (C=O) groups excluding carboxylic acids is 1.